The van der Waals surface area contributed by atoms with Gasteiger partial charge in [0.25, 0.3) is 5.56 Å². The third-order valence-corrected chi connectivity index (χ3v) is 2.74. The fraction of sp³-hybridized carbons (Fsp3) is 0.143. The summed E-state index contributed by atoms with van der Waals surface area (Å²) in [6, 6.07) is 10.7. The zero-order valence-electron chi connectivity index (χ0n) is 10.2. The van der Waals surface area contributed by atoms with Crippen LogP contribution in [0.15, 0.2) is 53.3 Å². The van der Waals surface area contributed by atoms with E-state index in [0.717, 1.165) is 18.2 Å². The largest absolute Gasteiger partial charge is 0.431 e. The number of aromatic nitrogens is 1. The van der Waals surface area contributed by atoms with Crippen molar-refractivity contribution in [3.05, 3.63) is 70.1 Å². The van der Waals surface area contributed by atoms with Gasteiger partial charge in [0, 0.05) is 11.6 Å². The first kappa shape index (κ1) is 14.0. The van der Waals surface area contributed by atoms with Crippen LogP contribution in [0.1, 0.15) is 16.1 Å². The number of pyridine rings is 1. The number of halogens is 3. The second-order valence-corrected chi connectivity index (χ2v) is 4.12. The molecular weight excluding hydrogens is 271 g/mol. The van der Waals surface area contributed by atoms with Crippen LogP contribution in [0.25, 0.3) is 0 Å². The minimum Gasteiger partial charge on any atom is -0.297 e. The third kappa shape index (κ3) is 2.96. The smallest absolute Gasteiger partial charge is 0.297 e. The lowest BCUT2D eigenvalue weighted by molar-refractivity contribution is -0.144. The van der Waals surface area contributed by atoms with Gasteiger partial charge >= 0.3 is 6.18 Å². The molecule has 0 aliphatic heterocycles. The molecule has 0 saturated heterocycles. The van der Waals surface area contributed by atoms with Gasteiger partial charge in [0.1, 0.15) is 5.69 Å². The summed E-state index contributed by atoms with van der Waals surface area (Å²) in [6.07, 6.45) is -4.68. The highest BCUT2D eigenvalue weighted by Crippen LogP contribution is 2.28. The summed E-state index contributed by atoms with van der Waals surface area (Å²) in [5.41, 5.74) is -1.73. The SMILES string of the molecule is O=C(Cn1c(C(F)(F)F)cccc1=O)c1ccccc1. The molecule has 2 rings (SSSR count). The standard InChI is InChI=1S/C14H10F3NO2/c15-14(16,17)12-7-4-8-13(20)18(12)9-11(19)10-5-2-1-3-6-10/h1-8H,9H2. The van der Waals surface area contributed by atoms with E-state index in [4.69, 9.17) is 0 Å². The maximum Gasteiger partial charge on any atom is 0.431 e. The molecule has 0 aliphatic carbocycles. The molecule has 0 spiro atoms. The molecule has 0 fully saturated rings. The molecule has 1 aromatic heterocycles. The van der Waals surface area contributed by atoms with Crippen molar-refractivity contribution < 1.29 is 18.0 Å². The molecule has 104 valence electrons. The molecule has 0 N–H and O–H groups in total. The number of rotatable bonds is 3. The van der Waals surface area contributed by atoms with E-state index in [2.05, 4.69) is 0 Å². The summed E-state index contributed by atoms with van der Waals surface area (Å²) in [5.74, 6) is -0.551. The Morgan fingerprint density at radius 2 is 1.65 bits per heavy atom. The van der Waals surface area contributed by atoms with Crippen molar-refractivity contribution in [2.45, 2.75) is 12.7 Å². The van der Waals surface area contributed by atoms with Gasteiger partial charge < -0.3 is 0 Å². The van der Waals surface area contributed by atoms with Gasteiger partial charge in [-0.2, -0.15) is 13.2 Å². The first-order chi connectivity index (χ1) is 9.39. The summed E-state index contributed by atoms with van der Waals surface area (Å²) in [5, 5.41) is 0. The molecule has 0 atom stereocenters. The average Bonchev–Trinajstić information content (AvgIpc) is 2.40. The molecule has 20 heavy (non-hydrogen) atoms. The van der Waals surface area contributed by atoms with Crippen LogP contribution in [0, 0.1) is 0 Å². The van der Waals surface area contributed by atoms with E-state index < -0.39 is 29.8 Å². The monoisotopic (exact) mass is 281 g/mol. The Morgan fingerprint density at radius 1 is 1.00 bits per heavy atom. The zero-order chi connectivity index (χ0) is 14.8. The van der Waals surface area contributed by atoms with Gasteiger partial charge in [0.15, 0.2) is 5.78 Å². The molecule has 0 aliphatic rings. The van der Waals surface area contributed by atoms with Crippen molar-refractivity contribution in [3.8, 4) is 0 Å². The van der Waals surface area contributed by atoms with Crippen molar-refractivity contribution in [1.29, 1.82) is 0 Å². The summed E-state index contributed by atoms with van der Waals surface area (Å²) in [6.45, 7) is -0.640. The van der Waals surface area contributed by atoms with Crippen LogP contribution in [0.3, 0.4) is 0 Å². The summed E-state index contributed by atoms with van der Waals surface area (Å²) >= 11 is 0. The van der Waals surface area contributed by atoms with Gasteiger partial charge in [-0.25, -0.2) is 0 Å². The van der Waals surface area contributed by atoms with E-state index in [-0.39, 0.29) is 5.56 Å². The molecule has 0 unspecified atom stereocenters. The van der Waals surface area contributed by atoms with Gasteiger partial charge in [0.2, 0.25) is 0 Å². The number of nitrogens with zero attached hydrogens (tertiary/aromatic N) is 1. The average molecular weight is 281 g/mol. The van der Waals surface area contributed by atoms with Crippen molar-refractivity contribution in [3.63, 3.8) is 0 Å². The first-order valence-electron chi connectivity index (χ1n) is 5.75. The zero-order valence-corrected chi connectivity index (χ0v) is 10.2. The van der Waals surface area contributed by atoms with E-state index in [9.17, 15) is 22.8 Å². The Labute approximate surface area is 112 Å². The van der Waals surface area contributed by atoms with Crippen LogP contribution < -0.4 is 5.56 Å². The number of Topliss-reactive ketones (excluding diaryl/α,β-unsaturated/α-hetero) is 1. The molecule has 3 nitrogen and oxygen atoms in total. The van der Waals surface area contributed by atoms with Gasteiger partial charge in [0.05, 0.1) is 6.54 Å². The summed E-state index contributed by atoms with van der Waals surface area (Å²) in [4.78, 5) is 23.5. The summed E-state index contributed by atoms with van der Waals surface area (Å²) < 4.78 is 38.9. The van der Waals surface area contributed by atoms with E-state index >= 15 is 0 Å². The van der Waals surface area contributed by atoms with Crippen molar-refractivity contribution >= 4 is 5.78 Å². The van der Waals surface area contributed by atoms with E-state index in [1.807, 2.05) is 0 Å². The molecule has 1 heterocycles. The quantitative estimate of drug-likeness (QED) is 0.811. The number of hydrogen-bond donors (Lipinski definition) is 0. The van der Waals surface area contributed by atoms with E-state index in [0.29, 0.717) is 4.57 Å². The highest BCUT2D eigenvalue weighted by Gasteiger charge is 2.34. The Bertz CT molecular complexity index is 675. The molecule has 2 aromatic rings. The number of ketones is 1. The molecule has 0 bridgehead atoms. The Kier molecular flexibility index (Phi) is 3.74. The van der Waals surface area contributed by atoms with E-state index in [1.165, 1.54) is 12.1 Å². The van der Waals surface area contributed by atoms with Gasteiger partial charge in [-0.15, -0.1) is 0 Å². The number of benzene rings is 1. The Morgan fingerprint density at radius 3 is 2.25 bits per heavy atom. The normalized spacial score (nSPS) is 11.3. The minimum atomic E-state index is -4.68. The highest BCUT2D eigenvalue weighted by atomic mass is 19.4. The second-order valence-electron chi connectivity index (χ2n) is 4.12. The van der Waals surface area contributed by atoms with Crippen LogP contribution in [-0.2, 0) is 12.7 Å². The highest BCUT2D eigenvalue weighted by molar-refractivity contribution is 5.95. The lowest BCUT2D eigenvalue weighted by atomic mass is 10.1. The number of carbonyl (C=O) groups excluding carboxylic acids is 1. The number of alkyl halides is 3. The maximum absolute atomic E-state index is 12.8. The first-order valence-corrected chi connectivity index (χ1v) is 5.75. The van der Waals surface area contributed by atoms with Gasteiger partial charge in [-0.1, -0.05) is 36.4 Å². The third-order valence-electron chi connectivity index (χ3n) is 2.74. The lowest BCUT2D eigenvalue weighted by Gasteiger charge is -2.14. The van der Waals surface area contributed by atoms with Crippen molar-refractivity contribution in [2.75, 3.05) is 0 Å². The molecule has 6 heteroatoms. The fourth-order valence-corrected chi connectivity index (χ4v) is 1.79. The Balaban J connectivity index is 2.40. The fourth-order valence-electron chi connectivity index (χ4n) is 1.79. The van der Waals surface area contributed by atoms with Crippen LogP contribution in [-0.4, -0.2) is 10.4 Å². The molecule has 0 saturated carbocycles. The Hall–Kier alpha value is -2.37. The van der Waals surface area contributed by atoms with Crippen LogP contribution in [0.5, 0.6) is 0 Å². The lowest BCUT2D eigenvalue weighted by Crippen LogP contribution is -2.30. The van der Waals surface area contributed by atoms with Crippen molar-refractivity contribution in [1.82, 2.24) is 4.57 Å². The van der Waals surface area contributed by atoms with Crippen LogP contribution in [0.2, 0.25) is 0 Å². The maximum atomic E-state index is 12.8. The minimum absolute atomic E-state index is 0.261. The molecule has 1 aromatic carbocycles. The predicted molar refractivity (Wildman–Crippen MR) is 66.5 cm³/mol. The van der Waals surface area contributed by atoms with Gasteiger partial charge in [-0.3, -0.25) is 14.2 Å². The predicted octanol–water partition coefficient (Wildman–Crippen LogP) is 2.75. The van der Waals surface area contributed by atoms with Crippen LogP contribution >= 0.6 is 0 Å². The topological polar surface area (TPSA) is 39.1 Å². The molecule has 0 radical (unpaired) electrons. The van der Waals surface area contributed by atoms with E-state index in [1.54, 1.807) is 18.2 Å². The molecule has 0 amide bonds. The van der Waals surface area contributed by atoms with Crippen LogP contribution in [0.4, 0.5) is 13.2 Å². The number of hydrogen-bond acceptors (Lipinski definition) is 2. The van der Waals surface area contributed by atoms with Gasteiger partial charge in [-0.05, 0) is 6.07 Å². The van der Waals surface area contributed by atoms with Crippen molar-refractivity contribution in [2.24, 2.45) is 0 Å². The number of carbonyl (C=O) groups is 1. The summed E-state index contributed by atoms with van der Waals surface area (Å²) in [7, 11) is 0. The second kappa shape index (κ2) is 5.32. The molecular formula is C14H10F3NO2.